The van der Waals surface area contributed by atoms with E-state index in [-0.39, 0.29) is 41.3 Å². The molecule has 2 aliphatic heterocycles. The van der Waals surface area contributed by atoms with Crippen molar-refractivity contribution >= 4 is 50.2 Å². The lowest BCUT2D eigenvalue weighted by Crippen LogP contribution is -2.50. The second-order valence-corrected chi connectivity index (χ2v) is 13.4. The Kier molecular flexibility index (Phi) is 7.55. The zero-order valence-electron chi connectivity index (χ0n) is 25.6. The summed E-state index contributed by atoms with van der Waals surface area (Å²) in [6.07, 6.45) is 7.05. The van der Waals surface area contributed by atoms with Crippen molar-refractivity contribution in [3.05, 3.63) is 76.6 Å². The number of fused-ring (bicyclic) bond motifs is 2. The molecule has 236 valence electrons. The third-order valence-corrected chi connectivity index (χ3v) is 9.61. The average molecular weight is 688 g/mol. The molecule has 3 aliphatic rings. The van der Waals surface area contributed by atoms with Gasteiger partial charge >= 0.3 is 0 Å². The summed E-state index contributed by atoms with van der Waals surface area (Å²) in [4.78, 5) is 57.2. The van der Waals surface area contributed by atoms with E-state index in [4.69, 9.17) is 0 Å². The number of benzene rings is 1. The number of carbonyl (C=O) groups excluding carboxylic acids is 3. The molecule has 5 heterocycles. The molecule has 3 aromatic heterocycles. The van der Waals surface area contributed by atoms with Gasteiger partial charge in [0, 0.05) is 60.9 Å². The molecule has 11 nitrogen and oxygen atoms in total. The van der Waals surface area contributed by atoms with Crippen LogP contribution in [0.4, 0.5) is 10.2 Å². The lowest BCUT2D eigenvalue weighted by Gasteiger charge is -2.38. The normalized spacial score (nSPS) is 22.4. The monoisotopic (exact) mass is 686 g/mol. The van der Waals surface area contributed by atoms with Gasteiger partial charge in [0.15, 0.2) is 5.78 Å². The van der Waals surface area contributed by atoms with Gasteiger partial charge in [-0.1, -0.05) is 31.2 Å². The molecule has 2 fully saturated rings. The van der Waals surface area contributed by atoms with Gasteiger partial charge in [-0.15, -0.1) is 0 Å². The van der Waals surface area contributed by atoms with Crippen LogP contribution in [0.2, 0.25) is 0 Å². The third kappa shape index (κ3) is 5.41. The predicted octanol–water partition coefficient (Wildman–Crippen LogP) is 4.50. The van der Waals surface area contributed by atoms with Crippen LogP contribution in [0.25, 0.3) is 22.0 Å². The highest BCUT2D eigenvalue weighted by Gasteiger charge is 2.55. The smallest absolute Gasteiger partial charge is 0.248 e. The first kappa shape index (κ1) is 30.3. The standard InChI is InChI=1S/C33H32BrFN8O3/c1-18(44)30-24-10-20(22-12-36-19(2)37-13-22)4-6-25(24)42(40-30)17-29(45)43-26(11-33(3)9-8-27(33)43)32(46)39-31-21(5-7-28(34)38-31)14-41-15-23(35)16-41/h4-10,12-13,23,26-27H,11,14-17H2,1-3H3,(H,38,39,46)/t26-,27+,33+/m0/s1. The van der Waals surface area contributed by atoms with Crippen molar-refractivity contribution in [3.63, 3.8) is 0 Å². The number of halogens is 2. The fraction of sp³-hybridized carbons (Fsp3) is 0.364. The molecule has 3 atom stereocenters. The largest absolute Gasteiger partial charge is 0.322 e. The number of hydrogen-bond donors (Lipinski definition) is 1. The number of Topliss-reactive ketones (excluding diaryl/α,β-unsaturated/α-hetero) is 1. The molecule has 0 bridgehead atoms. The number of aryl methyl sites for hydroxylation is 1. The van der Waals surface area contributed by atoms with Gasteiger partial charge in [-0.05, 0) is 53.0 Å². The summed E-state index contributed by atoms with van der Waals surface area (Å²) in [6, 6.07) is 8.22. The number of ketones is 1. The van der Waals surface area contributed by atoms with E-state index in [9.17, 15) is 18.8 Å². The maximum Gasteiger partial charge on any atom is 0.248 e. The minimum absolute atomic E-state index is 0.152. The van der Waals surface area contributed by atoms with Gasteiger partial charge in [-0.3, -0.25) is 24.0 Å². The first-order valence-corrected chi connectivity index (χ1v) is 15.9. The molecular weight excluding hydrogens is 655 g/mol. The Hall–Kier alpha value is -4.36. The summed E-state index contributed by atoms with van der Waals surface area (Å²) >= 11 is 3.39. The molecule has 1 aliphatic carbocycles. The van der Waals surface area contributed by atoms with Gasteiger partial charge in [0.25, 0.3) is 0 Å². The van der Waals surface area contributed by atoms with Crippen molar-refractivity contribution in [2.24, 2.45) is 5.41 Å². The van der Waals surface area contributed by atoms with Gasteiger partial charge in [0.05, 0.1) is 11.6 Å². The number of amides is 2. The molecule has 13 heteroatoms. The molecule has 1 aromatic carbocycles. The maximum atomic E-state index is 14.1. The Morgan fingerprint density at radius 1 is 1.11 bits per heavy atom. The van der Waals surface area contributed by atoms with Crippen molar-refractivity contribution in [3.8, 4) is 11.1 Å². The molecule has 4 aromatic rings. The SMILES string of the molecule is CC(=O)c1nn(CC(=O)N2[C@H](C(=O)Nc3nc(Br)ccc3CN3CC(F)C3)C[C@@]3(C)C=C[C@@H]23)c2ccc(-c3cnc(C)nc3)cc12. The number of carbonyl (C=O) groups is 3. The molecule has 0 saturated carbocycles. The number of aromatic nitrogens is 5. The molecule has 1 N–H and O–H groups in total. The maximum absolute atomic E-state index is 14.1. The zero-order chi connectivity index (χ0) is 32.3. The molecule has 0 spiro atoms. The molecular formula is C33H32BrFN8O3. The number of anilines is 1. The summed E-state index contributed by atoms with van der Waals surface area (Å²) < 4.78 is 15.6. The Labute approximate surface area is 273 Å². The lowest BCUT2D eigenvalue weighted by molar-refractivity contribution is -0.139. The summed E-state index contributed by atoms with van der Waals surface area (Å²) in [6.45, 7) is 6.28. The van der Waals surface area contributed by atoms with Crippen LogP contribution in [-0.2, 0) is 22.7 Å². The van der Waals surface area contributed by atoms with E-state index in [2.05, 4.69) is 41.3 Å². The number of hydrogen-bond acceptors (Lipinski definition) is 8. The van der Waals surface area contributed by atoms with Crippen LogP contribution in [0.15, 0.2) is 59.5 Å². The lowest BCUT2D eigenvalue weighted by atomic mass is 9.73. The Balaban J connectivity index is 1.16. The second kappa shape index (κ2) is 11.5. The molecule has 2 amide bonds. The van der Waals surface area contributed by atoms with Gasteiger partial charge < -0.3 is 10.2 Å². The topological polar surface area (TPSA) is 126 Å². The third-order valence-electron chi connectivity index (χ3n) is 9.17. The number of nitrogens with zero attached hydrogens (tertiary/aromatic N) is 7. The van der Waals surface area contributed by atoms with Crippen molar-refractivity contribution < 1.29 is 18.8 Å². The Morgan fingerprint density at radius 2 is 1.87 bits per heavy atom. The van der Waals surface area contributed by atoms with Crippen molar-refractivity contribution in [1.29, 1.82) is 0 Å². The number of pyridine rings is 1. The Bertz CT molecular complexity index is 1920. The van der Waals surface area contributed by atoms with E-state index >= 15 is 0 Å². The molecule has 2 saturated heterocycles. The van der Waals surface area contributed by atoms with Crippen LogP contribution in [0, 0.1) is 12.3 Å². The molecule has 7 rings (SSSR count). The van der Waals surface area contributed by atoms with Gasteiger partial charge in [-0.2, -0.15) is 5.10 Å². The summed E-state index contributed by atoms with van der Waals surface area (Å²) in [5, 5.41) is 8.15. The molecule has 0 radical (unpaired) electrons. The van der Waals surface area contributed by atoms with Crippen LogP contribution in [0.1, 0.15) is 42.1 Å². The van der Waals surface area contributed by atoms with Gasteiger partial charge in [0.1, 0.15) is 40.7 Å². The highest BCUT2D eigenvalue weighted by Crippen LogP contribution is 2.49. The van der Waals surface area contributed by atoms with E-state index in [0.717, 1.165) is 16.7 Å². The first-order valence-electron chi connectivity index (χ1n) is 15.1. The summed E-state index contributed by atoms with van der Waals surface area (Å²) in [7, 11) is 0. The first-order chi connectivity index (χ1) is 22.0. The van der Waals surface area contributed by atoms with Crippen LogP contribution < -0.4 is 5.32 Å². The summed E-state index contributed by atoms with van der Waals surface area (Å²) in [5.41, 5.74) is 2.94. The van der Waals surface area contributed by atoms with Crippen molar-refractivity contribution in [2.45, 2.75) is 58.5 Å². The Morgan fingerprint density at radius 3 is 2.54 bits per heavy atom. The number of alkyl halides is 1. The van der Waals surface area contributed by atoms with E-state index in [1.165, 1.54) is 11.6 Å². The number of rotatable bonds is 8. The van der Waals surface area contributed by atoms with Crippen LogP contribution >= 0.6 is 15.9 Å². The fourth-order valence-corrected chi connectivity index (χ4v) is 6.94. The fourth-order valence-electron chi connectivity index (χ4n) is 6.63. The number of likely N-dealkylation sites (tertiary alicyclic amines) is 2. The van der Waals surface area contributed by atoms with Crippen LogP contribution in [0.3, 0.4) is 0 Å². The predicted molar refractivity (Wildman–Crippen MR) is 173 cm³/mol. The average Bonchev–Trinajstić information content (AvgIpc) is 3.45. The van der Waals surface area contributed by atoms with E-state index in [1.54, 1.807) is 23.4 Å². The van der Waals surface area contributed by atoms with E-state index in [0.29, 0.717) is 53.2 Å². The van der Waals surface area contributed by atoms with Gasteiger partial charge in [-0.25, -0.2) is 19.3 Å². The summed E-state index contributed by atoms with van der Waals surface area (Å²) in [5.74, 6) is 0.183. The van der Waals surface area contributed by atoms with E-state index < -0.39 is 12.2 Å². The van der Waals surface area contributed by atoms with Crippen molar-refractivity contribution in [1.82, 2.24) is 34.5 Å². The zero-order valence-corrected chi connectivity index (χ0v) is 27.2. The molecule has 46 heavy (non-hydrogen) atoms. The highest BCUT2D eigenvalue weighted by molar-refractivity contribution is 9.10. The van der Waals surface area contributed by atoms with E-state index in [1.807, 2.05) is 55.2 Å². The van der Waals surface area contributed by atoms with Gasteiger partial charge in [0.2, 0.25) is 11.8 Å². The minimum atomic E-state index is -0.841. The molecule has 0 unspecified atom stereocenters. The van der Waals surface area contributed by atoms with Crippen LogP contribution in [-0.4, -0.2) is 83.5 Å². The van der Waals surface area contributed by atoms with Crippen LogP contribution in [0.5, 0.6) is 0 Å². The van der Waals surface area contributed by atoms with Crippen molar-refractivity contribution in [2.75, 3.05) is 18.4 Å². The minimum Gasteiger partial charge on any atom is -0.322 e. The number of nitrogens with one attached hydrogen (secondary N) is 1. The highest BCUT2D eigenvalue weighted by atomic mass is 79.9. The second-order valence-electron chi connectivity index (χ2n) is 12.6. The quantitative estimate of drug-likeness (QED) is 0.163.